The van der Waals surface area contributed by atoms with E-state index in [4.69, 9.17) is 4.74 Å². The summed E-state index contributed by atoms with van der Waals surface area (Å²) in [5, 5.41) is 6.08. The molecule has 0 radical (unpaired) electrons. The van der Waals surface area contributed by atoms with Crippen LogP contribution >= 0.6 is 0 Å². The fraction of sp³-hybridized carbons (Fsp3) is 0.917. The lowest BCUT2D eigenvalue weighted by molar-refractivity contribution is -0.136. The SMILES string of the molecule is CC(C)CC(C)NC(=O)COC1(C)CNC1. The number of carbonyl (C=O) groups excluding carboxylic acids is 1. The molecule has 1 atom stereocenters. The van der Waals surface area contributed by atoms with Gasteiger partial charge in [-0.05, 0) is 26.2 Å². The molecule has 0 aromatic heterocycles. The van der Waals surface area contributed by atoms with Crippen molar-refractivity contribution in [1.29, 1.82) is 0 Å². The monoisotopic (exact) mass is 228 g/mol. The molecule has 0 saturated carbocycles. The molecule has 4 heteroatoms. The molecule has 1 aliphatic rings. The number of ether oxygens (including phenoxy) is 1. The maximum absolute atomic E-state index is 11.6. The van der Waals surface area contributed by atoms with E-state index < -0.39 is 0 Å². The van der Waals surface area contributed by atoms with Gasteiger partial charge in [0.2, 0.25) is 5.91 Å². The molecule has 4 nitrogen and oxygen atoms in total. The first-order chi connectivity index (χ1) is 7.41. The molecule has 2 N–H and O–H groups in total. The highest BCUT2D eigenvalue weighted by molar-refractivity contribution is 5.77. The molecule has 0 bridgehead atoms. The van der Waals surface area contributed by atoms with E-state index >= 15 is 0 Å². The largest absolute Gasteiger partial charge is 0.363 e. The normalized spacial score (nSPS) is 20.3. The van der Waals surface area contributed by atoms with Gasteiger partial charge in [-0.25, -0.2) is 0 Å². The molecule has 1 heterocycles. The second kappa shape index (κ2) is 5.64. The maximum atomic E-state index is 11.6. The molecule has 94 valence electrons. The first-order valence-corrected chi connectivity index (χ1v) is 6.05. The lowest BCUT2D eigenvalue weighted by Crippen LogP contribution is -2.59. The van der Waals surface area contributed by atoms with Crippen LogP contribution in [-0.4, -0.2) is 37.2 Å². The molecule has 0 spiro atoms. The molecule has 1 rings (SSSR count). The molecule has 16 heavy (non-hydrogen) atoms. The summed E-state index contributed by atoms with van der Waals surface area (Å²) in [6.07, 6.45) is 1.00. The van der Waals surface area contributed by atoms with E-state index in [0.29, 0.717) is 5.92 Å². The Hall–Kier alpha value is -0.610. The molecule has 0 aliphatic carbocycles. The molecular formula is C12H24N2O2. The zero-order valence-electron chi connectivity index (χ0n) is 10.8. The predicted octanol–water partition coefficient (Wildman–Crippen LogP) is 0.916. The third-order valence-electron chi connectivity index (χ3n) is 2.78. The van der Waals surface area contributed by atoms with Gasteiger partial charge in [0, 0.05) is 19.1 Å². The summed E-state index contributed by atoms with van der Waals surface area (Å²) in [6, 6.07) is 0.225. The van der Waals surface area contributed by atoms with Gasteiger partial charge in [-0.1, -0.05) is 13.8 Å². The van der Waals surface area contributed by atoms with Gasteiger partial charge in [-0.3, -0.25) is 4.79 Å². The van der Waals surface area contributed by atoms with Crippen LogP contribution in [0.1, 0.15) is 34.1 Å². The molecule has 1 aliphatic heterocycles. The second-order valence-electron chi connectivity index (χ2n) is 5.44. The number of carbonyl (C=O) groups is 1. The van der Waals surface area contributed by atoms with Crippen molar-refractivity contribution in [2.45, 2.75) is 45.8 Å². The van der Waals surface area contributed by atoms with Crippen LogP contribution in [0.3, 0.4) is 0 Å². The molecule has 1 saturated heterocycles. The number of nitrogens with one attached hydrogen (secondary N) is 2. The number of rotatable bonds is 6. The lowest BCUT2D eigenvalue weighted by Gasteiger charge is -2.38. The zero-order valence-corrected chi connectivity index (χ0v) is 10.8. The summed E-state index contributed by atoms with van der Waals surface area (Å²) in [4.78, 5) is 11.6. The third kappa shape index (κ3) is 4.49. The van der Waals surface area contributed by atoms with E-state index in [1.54, 1.807) is 0 Å². The lowest BCUT2D eigenvalue weighted by atomic mass is 10.0. The summed E-state index contributed by atoms with van der Waals surface area (Å²) >= 11 is 0. The van der Waals surface area contributed by atoms with Crippen molar-refractivity contribution in [2.24, 2.45) is 5.92 Å². The zero-order chi connectivity index (χ0) is 12.2. The van der Waals surface area contributed by atoms with Crippen LogP contribution in [0.2, 0.25) is 0 Å². The van der Waals surface area contributed by atoms with Crippen LogP contribution in [0.15, 0.2) is 0 Å². The van der Waals surface area contributed by atoms with Crippen LogP contribution < -0.4 is 10.6 Å². The summed E-state index contributed by atoms with van der Waals surface area (Å²) in [7, 11) is 0. The average molecular weight is 228 g/mol. The Labute approximate surface area is 98.1 Å². The Morgan fingerprint density at radius 1 is 1.44 bits per heavy atom. The molecular weight excluding hydrogens is 204 g/mol. The fourth-order valence-electron chi connectivity index (χ4n) is 1.90. The van der Waals surface area contributed by atoms with Crippen LogP contribution in [0.5, 0.6) is 0 Å². The van der Waals surface area contributed by atoms with Gasteiger partial charge in [0.1, 0.15) is 6.61 Å². The standard InChI is InChI=1S/C12H24N2O2/c1-9(2)5-10(3)14-11(15)6-16-12(4)7-13-8-12/h9-10,13H,5-8H2,1-4H3,(H,14,15). The Balaban J connectivity index is 2.15. The predicted molar refractivity (Wildman–Crippen MR) is 64.3 cm³/mol. The average Bonchev–Trinajstić information content (AvgIpc) is 2.10. The number of amides is 1. The van der Waals surface area contributed by atoms with E-state index in [1.807, 2.05) is 13.8 Å². The molecule has 1 fully saturated rings. The van der Waals surface area contributed by atoms with E-state index in [0.717, 1.165) is 19.5 Å². The fourth-order valence-corrected chi connectivity index (χ4v) is 1.90. The third-order valence-corrected chi connectivity index (χ3v) is 2.78. The smallest absolute Gasteiger partial charge is 0.246 e. The van der Waals surface area contributed by atoms with E-state index in [2.05, 4.69) is 24.5 Å². The van der Waals surface area contributed by atoms with E-state index in [-0.39, 0.29) is 24.2 Å². The van der Waals surface area contributed by atoms with Crippen molar-refractivity contribution in [3.05, 3.63) is 0 Å². The first kappa shape index (κ1) is 13.5. The Morgan fingerprint density at radius 3 is 2.50 bits per heavy atom. The Kier molecular flexibility index (Phi) is 4.74. The van der Waals surface area contributed by atoms with Gasteiger partial charge in [0.15, 0.2) is 0 Å². The number of hydrogen-bond acceptors (Lipinski definition) is 3. The highest BCUT2D eigenvalue weighted by Crippen LogP contribution is 2.14. The van der Waals surface area contributed by atoms with Crippen molar-refractivity contribution >= 4 is 5.91 Å². The summed E-state index contributed by atoms with van der Waals surface area (Å²) in [6.45, 7) is 10.2. The molecule has 0 aromatic rings. The topological polar surface area (TPSA) is 50.4 Å². The van der Waals surface area contributed by atoms with Crippen LogP contribution in [0.25, 0.3) is 0 Å². The number of hydrogen-bond donors (Lipinski definition) is 2. The molecule has 0 aromatic carbocycles. The quantitative estimate of drug-likeness (QED) is 0.710. The summed E-state index contributed by atoms with van der Waals surface area (Å²) < 4.78 is 5.56. The minimum absolute atomic E-state index is 0.0127. The van der Waals surface area contributed by atoms with Gasteiger partial charge in [-0.15, -0.1) is 0 Å². The van der Waals surface area contributed by atoms with Crippen molar-refractivity contribution < 1.29 is 9.53 Å². The van der Waals surface area contributed by atoms with Gasteiger partial charge < -0.3 is 15.4 Å². The van der Waals surface area contributed by atoms with Gasteiger partial charge in [0.25, 0.3) is 0 Å². The highest BCUT2D eigenvalue weighted by Gasteiger charge is 2.33. The Morgan fingerprint density at radius 2 is 2.06 bits per heavy atom. The summed E-state index contributed by atoms with van der Waals surface area (Å²) in [5.74, 6) is 0.589. The minimum Gasteiger partial charge on any atom is -0.363 e. The van der Waals surface area contributed by atoms with Crippen molar-refractivity contribution in [3.63, 3.8) is 0 Å². The second-order valence-corrected chi connectivity index (χ2v) is 5.44. The summed E-state index contributed by atoms with van der Waals surface area (Å²) in [5.41, 5.74) is -0.140. The minimum atomic E-state index is -0.140. The van der Waals surface area contributed by atoms with Crippen LogP contribution in [0, 0.1) is 5.92 Å². The molecule has 1 amide bonds. The van der Waals surface area contributed by atoms with Crippen LogP contribution in [0.4, 0.5) is 0 Å². The molecule has 1 unspecified atom stereocenters. The van der Waals surface area contributed by atoms with Crippen molar-refractivity contribution in [3.8, 4) is 0 Å². The van der Waals surface area contributed by atoms with E-state index in [1.165, 1.54) is 0 Å². The van der Waals surface area contributed by atoms with E-state index in [9.17, 15) is 4.79 Å². The van der Waals surface area contributed by atoms with Gasteiger partial charge >= 0.3 is 0 Å². The van der Waals surface area contributed by atoms with Gasteiger partial charge in [-0.2, -0.15) is 0 Å². The van der Waals surface area contributed by atoms with Crippen molar-refractivity contribution in [1.82, 2.24) is 10.6 Å². The first-order valence-electron chi connectivity index (χ1n) is 6.05. The maximum Gasteiger partial charge on any atom is 0.246 e. The Bertz CT molecular complexity index is 237. The van der Waals surface area contributed by atoms with Crippen molar-refractivity contribution in [2.75, 3.05) is 19.7 Å². The van der Waals surface area contributed by atoms with Crippen LogP contribution in [-0.2, 0) is 9.53 Å². The highest BCUT2D eigenvalue weighted by atomic mass is 16.5. The van der Waals surface area contributed by atoms with Gasteiger partial charge in [0.05, 0.1) is 5.60 Å².